The highest BCUT2D eigenvalue weighted by atomic mass is 16.7. The van der Waals surface area contributed by atoms with Crippen LogP contribution in [-0.2, 0) is 11.2 Å². The van der Waals surface area contributed by atoms with Gasteiger partial charge in [0, 0.05) is 5.41 Å². The van der Waals surface area contributed by atoms with Crippen molar-refractivity contribution < 1.29 is 24.8 Å². The third-order valence-corrected chi connectivity index (χ3v) is 7.86. The van der Waals surface area contributed by atoms with Crippen LogP contribution in [0.25, 0.3) is 0 Å². The molecule has 0 radical (unpaired) electrons. The molecule has 1 aromatic carbocycles. The molecule has 0 aliphatic heterocycles. The standard InChI is InChI=1S/C24H36O5/c1-4-5-12-28-14(2)29-16-7-9-17-15(13-16)6-8-19-18(17)10-11-24(3)20(19)21(25)22(26)23(24)27/h7,9,13-14,18-23,25-27H,4-6,8,10-12H2,1-3H3/t14?,18?,19?,20?,21?,22?,23-,24-/m0/s1. The zero-order valence-electron chi connectivity index (χ0n) is 17.9. The predicted molar refractivity (Wildman–Crippen MR) is 111 cm³/mol. The molecular formula is C24H36O5. The van der Waals surface area contributed by atoms with E-state index in [0.29, 0.717) is 18.4 Å². The van der Waals surface area contributed by atoms with Crippen molar-refractivity contribution in [1.82, 2.24) is 0 Å². The molecule has 1 aromatic rings. The van der Waals surface area contributed by atoms with Crippen LogP contribution in [0.2, 0.25) is 0 Å². The fraction of sp³-hybridized carbons (Fsp3) is 0.750. The van der Waals surface area contributed by atoms with Crippen LogP contribution in [0.15, 0.2) is 18.2 Å². The smallest absolute Gasteiger partial charge is 0.196 e. The number of benzene rings is 1. The van der Waals surface area contributed by atoms with Gasteiger partial charge in [0.25, 0.3) is 0 Å². The Kier molecular flexibility index (Phi) is 5.95. The maximum absolute atomic E-state index is 10.7. The lowest BCUT2D eigenvalue weighted by molar-refractivity contribution is -0.0675. The van der Waals surface area contributed by atoms with Crippen LogP contribution in [0.1, 0.15) is 69.9 Å². The Morgan fingerprint density at radius 2 is 1.97 bits per heavy atom. The SMILES string of the molecule is CCCCOC(C)Oc1ccc2c(c1)CCC1C2CC[C@@]2(C)C1C(O)C(O)[C@@H]2O. The van der Waals surface area contributed by atoms with E-state index in [1.165, 1.54) is 11.1 Å². The molecule has 29 heavy (non-hydrogen) atoms. The van der Waals surface area contributed by atoms with Crippen LogP contribution < -0.4 is 4.74 Å². The Bertz CT molecular complexity index is 721. The summed E-state index contributed by atoms with van der Waals surface area (Å²) in [6.07, 6.45) is 2.89. The van der Waals surface area contributed by atoms with Gasteiger partial charge in [-0.15, -0.1) is 0 Å². The molecule has 0 heterocycles. The summed E-state index contributed by atoms with van der Waals surface area (Å²) in [6.45, 7) is 6.84. The van der Waals surface area contributed by atoms with Gasteiger partial charge < -0.3 is 24.8 Å². The van der Waals surface area contributed by atoms with Crippen LogP contribution in [0.3, 0.4) is 0 Å². The summed E-state index contributed by atoms with van der Waals surface area (Å²) in [4.78, 5) is 0. The first kappa shape index (κ1) is 21.1. The van der Waals surface area contributed by atoms with Gasteiger partial charge in [-0.05, 0) is 80.0 Å². The molecule has 3 N–H and O–H groups in total. The number of rotatable bonds is 6. The van der Waals surface area contributed by atoms with Gasteiger partial charge >= 0.3 is 0 Å². The molecule has 2 saturated carbocycles. The molecule has 5 nitrogen and oxygen atoms in total. The predicted octanol–water partition coefficient (Wildman–Crippen LogP) is 3.39. The summed E-state index contributed by atoms with van der Waals surface area (Å²) in [5.41, 5.74) is 2.27. The van der Waals surface area contributed by atoms with Crippen LogP contribution in [0.4, 0.5) is 0 Å². The fourth-order valence-corrected chi connectivity index (χ4v) is 6.31. The van der Waals surface area contributed by atoms with Crippen molar-refractivity contribution in [2.45, 2.75) is 89.8 Å². The van der Waals surface area contributed by atoms with Crippen LogP contribution in [0.5, 0.6) is 5.75 Å². The van der Waals surface area contributed by atoms with Gasteiger partial charge in [0.2, 0.25) is 0 Å². The second kappa shape index (κ2) is 8.18. The fourth-order valence-electron chi connectivity index (χ4n) is 6.31. The highest BCUT2D eigenvalue weighted by molar-refractivity contribution is 5.41. The second-order valence-corrected chi connectivity index (χ2v) is 9.58. The average Bonchev–Trinajstić information content (AvgIpc) is 2.88. The first-order chi connectivity index (χ1) is 13.9. The zero-order valence-corrected chi connectivity index (χ0v) is 17.9. The summed E-state index contributed by atoms with van der Waals surface area (Å²) < 4.78 is 11.7. The maximum atomic E-state index is 10.7. The van der Waals surface area contributed by atoms with Crippen molar-refractivity contribution in [2.75, 3.05) is 6.61 Å². The van der Waals surface area contributed by atoms with Crippen LogP contribution >= 0.6 is 0 Å². The molecule has 2 fully saturated rings. The number of fused-ring (bicyclic) bond motifs is 5. The van der Waals surface area contributed by atoms with Gasteiger partial charge in [-0.25, -0.2) is 0 Å². The molecule has 3 aliphatic rings. The Balaban J connectivity index is 1.50. The lowest BCUT2D eigenvalue weighted by Gasteiger charge is -2.50. The van der Waals surface area contributed by atoms with E-state index in [9.17, 15) is 15.3 Å². The van der Waals surface area contributed by atoms with E-state index >= 15 is 0 Å². The van der Waals surface area contributed by atoms with Gasteiger partial charge in [-0.1, -0.05) is 26.3 Å². The normalized spacial score (nSPS) is 39.4. The lowest BCUT2D eigenvalue weighted by atomic mass is 9.55. The second-order valence-electron chi connectivity index (χ2n) is 9.58. The molecule has 8 atom stereocenters. The van der Waals surface area contributed by atoms with Crippen molar-refractivity contribution in [1.29, 1.82) is 0 Å². The summed E-state index contributed by atoms with van der Waals surface area (Å²) in [5, 5.41) is 31.6. The first-order valence-electron chi connectivity index (χ1n) is 11.3. The number of hydrogen-bond acceptors (Lipinski definition) is 5. The quantitative estimate of drug-likeness (QED) is 0.500. The summed E-state index contributed by atoms with van der Waals surface area (Å²) in [6, 6.07) is 6.36. The average molecular weight is 405 g/mol. The van der Waals surface area contributed by atoms with Crippen molar-refractivity contribution in [3.63, 3.8) is 0 Å². The summed E-state index contributed by atoms with van der Waals surface area (Å²) in [7, 11) is 0. The Morgan fingerprint density at radius 3 is 2.72 bits per heavy atom. The molecule has 0 spiro atoms. The topological polar surface area (TPSA) is 79.2 Å². The minimum atomic E-state index is -1.03. The highest BCUT2D eigenvalue weighted by Crippen LogP contribution is 2.61. The van der Waals surface area contributed by atoms with Crippen LogP contribution in [-0.4, -0.2) is 46.5 Å². The minimum absolute atomic E-state index is 0.0534. The van der Waals surface area contributed by atoms with Crippen molar-refractivity contribution >= 4 is 0 Å². The van der Waals surface area contributed by atoms with E-state index in [2.05, 4.69) is 19.1 Å². The summed E-state index contributed by atoms with van der Waals surface area (Å²) in [5.74, 6) is 1.46. The molecule has 5 heteroatoms. The van der Waals surface area contributed by atoms with E-state index in [1.54, 1.807) is 0 Å². The molecule has 3 aliphatic carbocycles. The Hall–Kier alpha value is -1.14. The lowest BCUT2D eigenvalue weighted by Crippen LogP contribution is -2.46. The van der Waals surface area contributed by atoms with E-state index in [1.807, 2.05) is 19.9 Å². The molecule has 162 valence electrons. The van der Waals surface area contributed by atoms with E-state index in [0.717, 1.165) is 44.3 Å². The molecule has 0 amide bonds. The highest BCUT2D eigenvalue weighted by Gasteiger charge is 2.62. The van der Waals surface area contributed by atoms with Gasteiger partial charge in [-0.2, -0.15) is 0 Å². The largest absolute Gasteiger partial charge is 0.465 e. The number of aliphatic hydroxyl groups is 3. The summed E-state index contributed by atoms with van der Waals surface area (Å²) >= 11 is 0. The van der Waals surface area contributed by atoms with Gasteiger partial charge in [0.1, 0.15) is 11.9 Å². The van der Waals surface area contributed by atoms with Crippen molar-refractivity contribution in [3.05, 3.63) is 29.3 Å². The first-order valence-corrected chi connectivity index (χ1v) is 11.3. The molecule has 0 aromatic heterocycles. The van der Waals surface area contributed by atoms with Gasteiger partial charge in [0.05, 0.1) is 18.8 Å². The molecule has 0 saturated heterocycles. The molecule has 4 rings (SSSR count). The van der Waals surface area contributed by atoms with E-state index in [4.69, 9.17) is 9.47 Å². The molecule has 6 unspecified atom stereocenters. The number of aliphatic hydroxyl groups excluding tert-OH is 3. The third kappa shape index (κ3) is 3.60. The maximum Gasteiger partial charge on any atom is 0.196 e. The number of unbranched alkanes of at least 4 members (excludes halogenated alkanes) is 1. The van der Waals surface area contributed by atoms with E-state index in [-0.39, 0.29) is 12.2 Å². The van der Waals surface area contributed by atoms with Gasteiger partial charge in [-0.3, -0.25) is 0 Å². The van der Waals surface area contributed by atoms with Crippen molar-refractivity contribution in [2.24, 2.45) is 17.3 Å². The van der Waals surface area contributed by atoms with E-state index < -0.39 is 23.7 Å². The molecule has 0 bridgehead atoms. The van der Waals surface area contributed by atoms with Crippen molar-refractivity contribution in [3.8, 4) is 5.75 Å². The minimum Gasteiger partial charge on any atom is -0.465 e. The zero-order chi connectivity index (χ0) is 20.8. The third-order valence-electron chi connectivity index (χ3n) is 7.86. The number of hydrogen-bond donors (Lipinski definition) is 3. The monoisotopic (exact) mass is 404 g/mol. The number of ether oxygens (including phenoxy) is 2. The number of aryl methyl sites for hydroxylation is 1. The van der Waals surface area contributed by atoms with Crippen LogP contribution in [0, 0.1) is 17.3 Å². The Morgan fingerprint density at radius 1 is 1.17 bits per heavy atom. The van der Waals surface area contributed by atoms with Gasteiger partial charge in [0.15, 0.2) is 6.29 Å². The molecular weight excluding hydrogens is 368 g/mol. The Labute approximate surface area is 174 Å².